The Morgan fingerprint density at radius 3 is 2.53 bits per heavy atom. The molecule has 0 spiro atoms. The number of benzene rings is 1. The van der Waals surface area contributed by atoms with Crippen molar-refractivity contribution in [2.24, 2.45) is 0 Å². The molecule has 1 N–H and O–H groups in total. The fraction of sp³-hybridized carbons (Fsp3) is 0.348. The van der Waals surface area contributed by atoms with Crippen LogP contribution in [0.15, 0.2) is 47.1 Å². The minimum absolute atomic E-state index is 0.129. The van der Waals surface area contributed by atoms with Gasteiger partial charge in [0, 0.05) is 31.4 Å². The van der Waals surface area contributed by atoms with Gasteiger partial charge in [0.05, 0.1) is 11.3 Å². The van der Waals surface area contributed by atoms with Crippen LogP contribution in [0.1, 0.15) is 45.8 Å². The van der Waals surface area contributed by atoms with E-state index in [0.29, 0.717) is 24.5 Å². The molecule has 7 nitrogen and oxygen atoms in total. The average Bonchev–Trinajstić information content (AvgIpc) is 3.42. The Bertz CT molecular complexity index is 971. The summed E-state index contributed by atoms with van der Waals surface area (Å²) in [5.41, 5.74) is 3.33. The molecule has 3 aromatic rings. The first-order valence-corrected chi connectivity index (χ1v) is 10.2. The largest absolute Gasteiger partial charge is 0.489 e. The monoisotopic (exact) mass is 406 g/mol. The molecule has 0 unspecified atom stereocenters. The number of rotatable bonds is 7. The fourth-order valence-electron chi connectivity index (χ4n) is 3.50. The van der Waals surface area contributed by atoms with Crippen LogP contribution in [0.3, 0.4) is 0 Å². The second-order valence-electron chi connectivity index (χ2n) is 7.52. The smallest absolute Gasteiger partial charge is 0.251 e. The molecule has 0 aliphatic carbocycles. The number of pyridine rings is 1. The van der Waals surface area contributed by atoms with Crippen LogP contribution >= 0.6 is 0 Å². The Hall–Kier alpha value is -3.35. The SMILES string of the molecule is Cc1noc(C)c1COc1ccc(C(=O)NCc2ccc(N3CCCC3)nc2)cc1. The summed E-state index contributed by atoms with van der Waals surface area (Å²) in [7, 11) is 0. The van der Waals surface area contributed by atoms with Crippen LogP contribution in [-0.4, -0.2) is 29.1 Å². The summed E-state index contributed by atoms with van der Waals surface area (Å²) in [6.45, 7) is 6.71. The number of hydrogen-bond donors (Lipinski definition) is 1. The van der Waals surface area contributed by atoms with E-state index in [4.69, 9.17) is 9.26 Å². The van der Waals surface area contributed by atoms with Crippen molar-refractivity contribution in [3.05, 3.63) is 70.7 Å². The number of nitrogens with zero attached hydrogens (tertiary/aromatic N) is 3. The molecule has 1 aliphatic heterocycles. The molecule has 1 saturated heterocycles. The Morgan fingerprint density at radius 1 is 1.13 bits per heavy atom. The van der Waals surface area contributed by atoms with Crippen LogP contribution in [0.25, 0.3) is 0 Å². The summed E-state index contributed by atoms with van der Waals surface area (Å²) in [5, 5.41) is 6.86. The molecule has 1 aromatic carbocycles. The van der Waals surface area contributed by atoms with E-state index in [2.05, 4.69) is 20.4 Å². The normalized spacial score (nSPS) is 13.5. The zero-order valence-electron chi connectivity index (χ0n) is 17.4. The molecule has 1 aliphatic rings. The van der Waals surface area contributed by atoms with Crippen molar-refractivity contribution >= 4 is 11.7 Å². The molecule has 1 fully saturated rings. The van der Waals surface area contributed by atoms with Gasteiger partial charge in [-0.1, -0.05) is 11.2 Å². The number of carbonyl (C=O) groups excluding carboxylic acids is 1. The minimum atomic E-state index is -0.129. The number of aryl methyl sites for hydroxylation is 2. The molecule has 3 heterocycles. The Morgan fingerprint density at radius 2 is 1.90 bits per heavy atom. The highest BCUT2D eigenvalue weighted by atomic mass is 16.5. The van der Waals surface area contributed by atoms with E-state index in [0.717, 1.165) is 41.5 Å². The molecule has 0 bridgehead atoms. The zero-order valence-corrected chi connectivity index (χ0v) is 17.4. The maximum Gasteiger partial charge on any atom is 0.251 e. The first-order valence-electron chi connectivity index (χ1n) is 10.2. The predicted octanol–water partition coefficient (Wildman–Crippen LogP) is 3.80. The molecule has 156 valence electrons. The number of anilines is 1. The van der Waals surface area contributed by atoms with Gasteiger partial charge >= 0.3 is 0 Å². The van der Waals surface area contributed by atoms with Gasteiger partial charge in [0.25, 0.3) is 5.91 Å². The molecule has 0 atom stereocenters. The first kappa shape index (κ1) is 19.9. The maximum atomic E-state index is 12.4. The quantitative estimate of drug-likeness (QED) is 0.643. The van der Waals surface area contributed by atoms with Gasteiger partial charge in [-0.15, -0.1) is 0 Å². The Balaban J connectivity index is 1.28. The molecule has 0 radical (unpaired) electrons. The molecular formula is C23H26N4O3. The van der Waals surface area contributed by atoms with E-state index >= 15 is 0 Å². The lowest BCUT2D eigenvalue weighted by Gasteiger charge is -2.16. The zero-order chi connectivity index (χ0) is 20.9. The van der Waals surface area contributed by atoms with Crippen LogP contribution in [0, 0.1) is 13.8 Å². The van der Waals surface area contributed by atoms with Crippen molar-refractivity contribution < 1.29 is 14.1 Å². The van der Waals surface area contributed by atoms with Crippen molar-refractivity contribution in [3.63, 3.8) is 0 Å². The summed E-state index contributed by atoms with van der Waals surface area (Å²) < 4.78 is 10.9. The highest BCUT2D eigenvalue weighted by molar-refractivity contribution is 5.94. The summed E-state index contributed by atoms with van der Waals surface area (Å²) in [6.07, 6.45) is 4.28. The standard InChI is InChI=1S/C23H26N4O3/c1-16-21(17(2)30-26-16)15-29-20-8-6-19(7-9-20)23(28)25-14-18-5-10-22(24-13-18)27-11-3-4-12-27/h5-10,13H,3-4,11-12,14-15H2,1-2H3,(H,25,28). The number of nitrogens with one attached hydrogen (secondary N) is 1. The lowest BCUT2D eigenvalue weighted by Crippen LogP contribution is -2.23. The molecular weight excluding hydrogens is 380 g/mol. The van der Waals surface area contributed by atoms with Gasteiger partial charge in [-0.25, -0.2) is 4.98 Å². The maximum absolute atomic E-state index is 12.4. The molecule has 0 saturated carbocycles. The van der Waals surface area contributed by atoms with Gasteiger partial charge in [0.1, 0.15) is 23.9 Å². The van der Waals surface area contributed by atoms with Gasteiger partial charge in [-0.3, -0.25) is 4.79 Å². The van der Waals surface area contributed by atoms with Crippen molar-refractivity contribution in [2.45, 2.75) is 39.8 Å². The highest BCUT2D eigenvalue weighted by Crippen LogP contribution is 2.19. The summed E-state index contributed by atoms with van der Waals surface area (Å²) >= 11 is 0. The third-order valence-corrected chi connectivity index (χ3v) is 5.37. The van der Waals surface area contributed by atoms with Gasteiger partial charge in [0.15, 0.2) is 0 Å². The third-order valence-electron chi connectivity index (χ3n) is 5.37. The molecule has 7 heteroatoms. The van der Waals surface area contributed by atoms with Crippen LogP contribution in [0.2, 0.25) is 0 Å². The van der Waals surface area contributed by atoms with E-state index in [-0.39, 0.29) is 5.91 Å². The highest BCUT2D eigenvalue weighted by Gasteiger charge is 2.13. The van der Waals surface area contributed by atoms with E-state index < -0.39 is 0 Å². The van der Waals surface area contributed by atoms with E-state index in [9.17, 15) is 4.79 Å². The van der Waals surface area contributed by atoms with Crippen LogP contribution in [-0.2, 0) is 13.2 Å². The average molecular weight is 406 g/mol. The number of aromatic nitrogens is 2. The van der Waals surface area contributed by atoms with Crippen molar-refractivity contribution in [1.29, 1.82) is 0 Å². The Kier molecular flexibility index (Phi) is 5.97. The van der Waals surface area contributed by atoms with Crippen LogP contribution in [0.4, 0.5) is 5.82 Å². The predicted molar refractivity (Wildman–Crippen MR) is 114 cm³/mol. The molecule has 30 heavy (non-hydrogen) atoms. The van der Waals surface area contributed by atoms with Crippen molar-refractivity contribution in [1.82, 2.24) is 15.5 Å². The van der Waals surface area contributed by atoms with Gasteiger partial charge in [-0.2, -0.15) is 0 Å². The summed E-state index contributed by atoms with van der Waals surface area (Å²) in [6, 6.07) is 11.1. The van der Waals surface area contributed by atoms with Gasteiger partial charge < -0.3 is 19.5 Å². The first-order chi connectivity index (χ1) is 14.6. The fourth-order valence-corrected chi connectivity index (χ4v) is 3.50. The third kappa shape index (κ3) is 4.62. The molecule has 1 amide bonds. The number of hydrogen-bond acceptors (Lipinski definition) is 6. The second-order valence-corrected chi connectivity index (χ2v) is 7.52. The lowest BCUT2D eigenvalue weighted by molar-refractivity contribution is 0.0951. The number of ether oxygens (including phenoxy) is 1. The van der Waals surface area contributed by atoms with Crippen LogP contribution in [0.5, 0.6) is 5.75 Å². The van der Waals surface area contributed by atoms with Gasteiger partial charge in [-0.05, 0) is 62.6 Å². The molecule has 4 rings (SSSR count). The Labute approximate surface area is 176 Å². The van der Waals surface area contributed by atoms with Crippen LogP contribution < -0.4 is 15.0 Å². The topological polar surface area (TPSA) is 80.5 Å². The van der Waals surface area contributed by atoms with Crippen molar-refractivity contribution in [2.75, 3.05) is 18.0 Å². The lowest BCUT2D eigenvalue weighted by atomic mass is 10.2. The van der Waals surface area contributed by atoms with E-state index in [1.54, 1.807) is 24.3 Å². The second kappa shape index (κ2) is 8.98. The summed E-state index contributed by atoms with van der Waals surface area (Å²) in [4.78, 5) is 19.3. The number of carbonyl (C=O) groups is 1. The number of amides is 1. The van der Waals surface area contributed by atoms with Crippen molar-refractivity contribution in [3.8, 4) is 5.75 Å². The molecule has 2 aromatic heterocycles. The minimum Gasteiger partial charge on any atom is -0.489 e. The summed E-state index contributed by atoms with van der Waals surface area (Å²) in [5.74, 6) is 2.32. The van der Waals surface area contributed by atoms with Gasteiger partial charge in [0.2, 0.25) is 0 Å². The van der Waals surface area contributed by atoms with E-state index in [1.807, 2.05) is 32.2 Å². The van der Waals surface area contributed by atoms with E-state index in [1.165, 1.54) is 12.8 Å².